The summed E-state index contributed by atoms with van der Waals surface area (Å²) in [4.78, 5) is 23.7. The van der Waals surface area contributed by atoms with E-state index in [1.165, 1.54) is 0 Å². The molecule has 26 heavy (non-hydrogen) atoms. The lowest BCUT2D eigenvalue weighted by Crippen LogP contribution is -2.37. The van der Waals surface area contributed by atoms with Crippen molar-refractivity contribution in [1.29, 1.82) is 0 Å². The molecule has 0 fully saturated rings. The molecule has 0 aliphatic heterocycles. The van der Waals surface area contributed by atoms with E-state index < -0.39 is 0 Å². The molecule has 0 saturated carbocycles. The number of halogens is 1. The first-order chi connectivity index (χ1) is 12.3. The predicted molar refractivity (Wildman–Crippen MR) is 109 cm³/mol. The van der Waals surface area contributed by atoms with Crippen LogP contribution < -0.4 is 10.2 Å². The number of benzene rings is 1. The molecule has 0 radical (unpaired) electrons. The van der Waals surface area contributed by atoms with Gasteiger partial charge in [-0.1, -0.05) is 32.4 Å². The van der Waals surface area contributed by atoms with Gasteiger partial charge in [-0.25, -0.2) is 9.97 Å². The Morgan fingerprint density at radius 1 is 1.23 bits per heavy atom. The van der Waals surface area contributed by atoms with Gasteiger partial charge < -0.3 is 10.2 Å². The van der Waals surface area contributed by atoms with Gasteiger partial charge in [0.25, 0.3) is 0 Å². The molecule has 142 valence electrons. The minimum absolute atomic E-state index is 0.0708. The fourth-order valence-electron chi connectivity index (χ4n) is 2.75. The van der Waals surface area contributed by atoms with Crippen LogP contribution in [0.1, 0.15) is 46.9 Å². The molecule has 1 amide bonds. The van der Waals surface area contributed by atoms with Crippen molar-refractivity contribution in [3.05, 3.63) is 29.0 Å². The lowest BCUT2D eigenvalue weighted by Gasteiger charge is -2.29. The first-order valence-corrected chi connectivity index (χ1v) is 9.69. The Morgan fingerprint density at radius 2 is 1.96 bits per heavy atom. The fraction of sp³-hybridized carbons (Fsp3) is 0.550. The second kappa shape index (κ2) is 9.17. The van der Waals surface area contributed by atoms with Crippen molar-refractivity contribution in [1.82, 2.24) is 15.3 Å². The monoisotopic (exact) mass is 376 g/mol. The van der Waals surface area contributed by atoms with Gasteiger partial charge in [0.1, 0.15) is 11.6 Å². The van der Waals surface area contributed by atoms with Crippen LogP contribution in [0.25, 0.3) is 10.9 Å². The van der Waals surface area contributed by atoms with Gasteiger partial charge in [0.2, 0.25) is 5.91 Å². The molecular weight excluding hydrogens is 348 g/mol. The molecule has 0 spiro atoms. The van der Waals surface area contributed by atoms with Gasteiger partial charge in [0, 0.05) is 42.4 Å². The van der Waals surface area contributed by atoms with Crippen molar-refractivity contribution in [3.8, 4) is 0 Å². The van der Waals surface area contributed by atoms with Crippen LogP contribution in [0.3, 0.4) is 0 Å². The molecule has 0 aliphatic carbocycles. The average molecular weight is 377 g/mol. The molecule has 5 nitrogen and oxygen atoms in total. The Morgan fingerprint density at radius 3 is 2.58 bits per heavy atom. The standard InChI is InChI=1S/C20H29ClN4O/c1-6-18-23-17-11-15(21)7-8-16(17)20(24-18)25(14(4)5)10-9-19(26)22-12-13(2)3/h7-8,11,13-14H,6,9-10,12H2,1-5H3,(H,22,26). The minimum Gasteiger partial charge on any atom is -0.356 e. The third kappa shape index (κ3) is 5.31. The Balaban J connectivity index is 2.30. The first-order valence-electron chi connectivity index (χ1n) is 9.31. The van der Waals surface area contributed by atoms with Gasteiger partial charge >= 0.3 is 0 Å². The third-order valence-corrected chi connectivity index (χ3v) is 4.42. The molecule has 1 aromatic carbocycles. The first kappa shape index (κ1) is 20.4. The predicted octanol–water partition coefficient (Wildman–Crippen LogP) is 4.22. The largest absolute Gasteiger partial charge is 0.356 e. The van der Waals surface area contributed by atoms with E-state index in [1.807, 2.05) is 25.1 Å². The molecule has 0 aliphatic rings. The minimum atomic E-state index is 0.0708. The van der Waals surface area contributed by atoms with Gasteiger partial charge in [0.05, 0.1) is 5.52 Å². The maximum absolute atomic E-state index is 12.1. The molecule has 6 heteroatoms. The Labute approximate surface area is 161 Å². The summed E-state index contributed by atoms with van der Waals surface area (Å²) in [5, 5.41) is 4.60. The van der Waals surface area contributed by atoms with Crippen LogP contribution in [0.4, 0.5) is 5.82 Å². The number of rotatable bonds is 8. The van der Waals surface area contributed by atoms with Gasteiger partial charge in [-0.15, -0.1) is 0 Å². The number of fused-ring (bicyclic) bond motifs is 1. The van der Waals surface area contributed by atoms with E-state index >= 15 is 0 Å². The molecular formula is C20H29ClN4O. The maximum Gasteiger partial charge on any atom is 0.221 e. The van der Waals surface area contributed by atoms with Gasteiger partial charge in [-0.2, -0.15) is 0 Å². The molecule has 0 atom stereocenters. The molecule has 0 unspecified atom stereocenters. The number of hydrogen-bond donors (Lipinski definition) is 1. The van der Waals surface area contributed by atoms with Crippen molar-refractivity contribution in [3.63, 3.8) is 0 Å². The Hall–Kier alpha value is -1.88. The van der Waals surface area contributed by atoms with Gasteiger partial charge in [0.15, 0.2) is 0 Å². The fourth-order valence-corrected chi connectivity index (χ4v) is 2.91. The van der Waals surface area contributed by atoms with E-state index in [0.29, 0.717) is 30.5 Å². The van der Waals surface area contributed by atoms with Crippen LogP contribution in [-0.4, -0.2) is 35.0 Å². The summed E-state index contributed by atoms with van der Waals surface area (Å²) in [6, 6.07) is 5.90. The highest BCUT2D eigenvalue weighted by Crippen LogP contribution is 2.28. The molecule has 1 aromatic heterocycles. The van der Waals surface area contributed by atoms with E-state index in [-0.39, 0.29) is 11.9 Å². The normalized spacial score (nSPS) is 11.4. The van der Waals surface area contributed by atoms with Gasteiger partial charge in [-0.05, 0) is 38.0 Å². The van der Waals surface area contributed by atoms with Crippen LogP contribution in [0.2, 0.25) is 5.02 Å². The summed E-state index contributed by atoms with van der Waals surface area (Å²) < 4.78 is 0. The van der Waals surface area contributed by atoms with Crippen molar-refractivity contribution in [2.75, 3.05) is 18.0 Å². The number of nitrogens with one attached hydrogen (secondary N) is 1. The lowest BCUT2D eigenvalue weighted by atomic mass is 10.1. The second-order valence-corrected chi connectivity index (χ2v) is 7.65. The van der Waals surface area contributed by atoms with E-state index in [2.05, 4.69) is 42.9 Å². The number of aromatic nitrogens is 2. The molecule has 1 heterocycles. The quantitative estimate of drug-likeness (QED) is 0.749. The number of aryl methyl sites for hydroxylation is 1. The van der Waals surface area contributed by atoms with Crippen LogP contribution in [-0.2, 0) is 11.2 Å². The highest BCUT2D eigenvalue weighted by Gasteiger charge is 2.18. The average Bonchev–Trinajstić information content (AvgIpc) is 2.58. The van der Waals surface area contributed by atoms with E-state index in [4.69, 9.17) is 16.6 Å². The van der Waals surface area contributed by atoms with Crippen LogP contribution >= 0.6 is 11.6 Å². The van der Waals surface area contributed by atoms with Crippen LogP contribution in [0, 0.1) is 5.92 Å². The van der Waals surface area contributed by atoms with E-state index in [1.54, 1.807) is 0 Å². The summed E-state index contributed by atoms with van der Waals surface area (Å²) in [5.74, 6) is 2.17. The van der Waals surface area contributed by atoms with Crippen molar-refractivity contribution >= 4 is 34.2 Å². The molecule has 1 N–H and O–H groups in total. The number of amides is 1. The SMILES string of the molecule is CCc1nc(N(CCC(=O)NCC(C)C)C(C)C)c2ccc(Cl)cc2n1. The lowest BCUT2D eigenvalue weighted by molar-refractivity contribution is -0.121. The topological polar surface area (TPSA) is 58.1 Å². The third-order valence-electron chi connectivity index (χ3n) is 4.18. The molecule has 2 aromatic rings. The maximum atomic E-state index is 12.1. The molecule has 0 bridgehead atoms. The summed E-state index contributed by atoms with van der Waals surface area (Å²) in [5.41, 5.74) is 0.842. The van der Waals surface area contributed by atoms with Crippen molar-refractivity contribution in [2.24, 2.45) is 5.92 Å². The highest BCUT2D eigenvalue weighted by atomic mass is 35.5. The Kier molecular flexibility index (Phi) is 7.21. The molecule has 0 saturated heterocycles. The second-order valence-electron chi connectivity index (χ2n) is 7.21. The van der Waals surface area contributed by atoms with Crippen LogP contribution in [0.5, 0.6) is 0 Å². The zero-order valence-electron chi connectivity index (χ0n) is 16.3. The Bertz CT molecular complexity index is 761. The zero-order valence-corrected chi connectivity index (χ0v) is 17.1. The number of anilines is 1. The number of nitrogens with zero attached hydrogens (tertiary/aromatic N) is 3. The van der Waals surface area contributed by atoms with Gasteiger partial charge in [-0.3, -0.25) is 4.79 Å². The van der Waals surface area contributed by atoms with Crippen molar-refractivity contribution < 1.29 is 4.79 Å². The summed E-state index contributed by atoms with van der Waals surface area (Å²) in [6.45, 7) is 11.8. The van der Waals surface area contributed by atoms with Crippen molar-refractivity contribution in [2.45, 2.75) is 53.5 Å². The highest BCUT2D eigenvalue weighted by molar-refractivity contribution is 6.31. The summed E-state index contributed by atoms with van der Waals surface area (Å²) in [6.07, 6.45) is 1.18. The summed E-state index contributed by atoms with van der Waals surface area (Å²) >= 11 is 6.14. The molecule has 2 rings (SSSR count). The van der Waals surface area contributed by atoms with Crippen LogP contribution in [0.15, 0.2) is 18.2 Å². The number of carbonyl (C=O) groups is 1. The number of carbonyl (C=O) groups excluding carboxylic acids is 1. The number of hydrogen-bond acceptors (Lipinski definition) is 4. The van der Waals surface area contributed by atoms with E-state index in [9.17, 15) is 4.79 Å². The smallest absolute Gasteiger partial charge is 0.221 e. The zero-order chi connectivity index (χ0) is 19.3. The summed E-state index contributed by atoms with van der Waals surface area (Å²) in [7, 11) is 0. The van der Waals surface area contributed by atoms with E-state index in [0.717, 1.165) is 29.0 Å².